The molecule has 0 N–H and O–H groups in total. The molecule has 2 nitrogen and oxygen atoms in total. The van der Waals surface area contributed by atoms with Crippen molar-refractivity contribution in [3.8, 4) is 5.75 Å². The van der Waals surface area contributed by atoms with Gasteiger partial charge in [-0.2, -0.15) is 0 Å². The van der Waals surface area contributed by atoms with Crippen LogP contribution in [0.5, 0.6) is 5.75 Å². The second-order valence-corrected chi connectivity index (χ2v) is 4.78. The Labute approximate surface area is 114 Å². The molecule has 2 heteroatoms. The summed E-state index contributed by atoms with van der Waals surface area (Å²) in [7, 11) is 1.63. The third-order valence-corrected chi connectivity index (χ3v) is 3.39. The number of ether oxygens (including phenoxy) is 1. The Balaban J connectivity index is 2.51. The van der Waals surface area contributed by atoms with Crippen LogP contribution >= 0.6 is 0 Å². The van der Waals surface area contributed by atoms with Crippen molar-refractivity contribution in [2.24, 2.45) is 0 Å². The average molecular weight is 254 g/mol. The minimum Gasteiger partial charge on any atom is -0.497 e. The molecule has 0 fully saturated rings. The van der Waals surface area contributed by atoms with E-state index in [4.69, 9.17) is 4.74 Å². The van der Waals surface area contributed by atoms with Gasteiger partial charge in [-0.1, -0.05) is 18.2 Å². The first-order chi connectivity index (χ1) is 9.04. The van der Waals surface area contributed by atoms with E-state index in [0.717, 1.165) is 33.6 Å². The summed E-state index contributed by atoms with van der Waals surface area (Å²) in [5.74, 6) is 0.853. The van der Waals surface area contributed by atoms with Crippen LogP contribution in [0.25, 0.3) is 0 Å². The topological polar surface area (TPSA) is 26.3 Å². The van der Waals surface area contributed by atoms with Gasteiger partial charge in [0.1, 0.15) is 5.75 Å². The number of methoxy groups -OCH3 is 1. The number of hydrogen-bond donors (Lipinski definition) is 0. The number of carbonyl (C=O) groups is 1. The molecule has 0 aliphatic rings. The van der Waals surface area contributed by atoms with Crippen LogP contribution in [0.1, 0.15) is 32.6 Å². The highest BCUT2D eigenvalue weighted by molar-refractivity contribution is 6.11. The predicted molar refractivity (Wildman–Crippen MR) is 77.1 cm³/mol. The van der Waals surface area contributed by atoms with Crippen molar-refractivity contribution < 1.29 is 9.53 Å². The normalized spacial score (nSPS) is 10.3. The lowest BCUT2D eigenvalue weighted by Crippen LogP contribution is -2.08. The molecule has 0 unspecified atom stereocenters. The Morgan fingerprint density at radius 2 is 1.58 bits per heavy atom. The van der Waals surface area contributed by atoms with Crippen LogP contribution in [0.3, 0.4) is 0 Å². The Bertz CT molecular complexity index is 607. The molecule has 98 valence electrons. The summed E-state index contributed by atoms with van der Waals surface area (Å²) in [6, 6.07) is 11.5. The van der Waals surface area contributed by atoms with Crippen molar-refractivity contribution in [2.75, 3.05) is 7.11 Å². The fourth-order valence-corrected chi connectivity index (χ4v) is 2.33. The summed E-state index contributed by atoms with van der Waals surface area (Å²) >= 11 is 0. The maximum atomic E-state index is 12.7. The number of hydrogen-bond acceptors (Lipinski definition) is 2. The second kappa shape index (κ2) is 5.27. The fourth-order valence-electron chi connectivity index (χ4n) is 2.33. The maximum Gasteiger partial charge on any atom is 0.193 e. The molecule has 19 heavy (non-hydrogen) atoms. The average Bonchev–Trinajstić information content (AvgIpc) is 2.38. The quantitative estimate of drug-likeness (QED) is 0.778. The lowest BCUT2D eigenvalue weighted by Gasteiger charge is -2.11. The molecule has 0 spiro atoms. The highest BCUT2D eigenvalue weighted by atomic mass is 16.5. The standard InChI is InChI=1S/C17H18O2/c1-11-6-5-7-12(2)16(11)17(18)15-9-8-14(19-4)10-13(15)3/h5-10H,1-4H3. The lowest BCUT2D eigenvalue weighted by atomic mass is 9.93. The van der Waals surface area contributed by atoms with Crippen molar-refractivity contribution in [1.29, 1.82) is 0 Å². The smallest absolute Gasteiger partial charge is 0.193 e. The van der Waals surface area contributed by atoms with Gasteiger partial charge in [0.05, 0.1) is 7.11 Å². The summed E-state index contributed by atoms with van der Waals surface area (Å²) in [4.78, 5) is 12.7. The van der Waals surface area contributed by atoms with Crippen LogP contribution in [-0.2, 0) is 0 Å². The largest absolute Gasteiger partial charge is 0.497 e. The lowest BCUT2D eigenvalue weighted by molar-refractivity contribution is 0.103. The predicted octanol–water partition coefficient (Wildman–Crippen LogP) is 3.85. The molecular formula is C17H18O2. The summed E-state index contributed by atoms with van der Waals surface area (Å²) in [6.07, 6.45) is 0. The number of carbonyl (C=O) groups excluding carboxylic acids is 1. The van der Waals surface area contributed by atoms with Crippen LogP contribution in [0, 0.1) is 20.8 Å². The zero-order valence-electron chi connectivity index (χ0n) is 11.8. The van der Waals surface area contributed by atoms with Gasteiger partial charge in [0.15, 0.2) is 5.78 Å². The van der Waals surface area contributed by atoms with Crippen LogP contribution in [0.2, 0.25) is 0 Å². The van der Waals surface area contributed by atoms with Crippen molar-refractivity contribution in [3.05, 3.63) is 64.2 Å². The number of aryl methyl sites for hydroxylation is 3. The molecule has 2 aromatic carbocycles. The summed E-state index contributed by atoms with van der Waals surface area (Å²) in [5, 5.41) is 0. The van der Waals surface area contributed by atoms with E-state index < -0.39 is 0 Å². The van der Waals surface area contributed by atoms with Gasteiger partial charge in [-0.05, 0) is 55.7 Å². The SMILES string of the molecule is COc1ccc(C(=O)c2c(C)cccc2C)c(C)c1. The molecule has 0 amide bonds. The van der Waals surface area contributed by atoms with Crippen LogP contribution < -0.4 is 4.74 Å². The molecule has 0 aliphatic heterocycles. The molecule has 2 aromatic rings. The van der Waals surface area contributed by atoms with Gasteiger partial charge in [-0.15, -0.1) is 0 Å². The number of ketones is 1. The first-order valence-corrected chi connectivity index (χ1v) is 6.30. The minimum absolute atomic E-state index is 0.0794. The molecular weight excluding hydrogens is 236 g/mol. The summed E-state index contributed by atoms with van der Waals surface area (Å²) in [6.45, 7) is 5.88. The van der Waals surface area contributed by atoms with Crippen LogP contribution in [0.15, 0.2) is 36.4 Å². The van der Waals surface area contributed by atoms with E-state index in [1.165, 1.54) is 0 Å². The van der Waals surface area contributed by atoms with Gasteiger partial charge in [0.25, 0.3) is 0 Å². The van der Waals surface area contributed by atoms with Gasteiger partial charge < -0.3 is 4.74 Å². The Kier molecular flexibility index (Phi) is 3.70. The van der Waals surface area contributed by atoms with Crippen molar-refractivity contribution >= 4 is 5.78 Å². The molecule has 0 bridgehead atoms. The number of benzene rings is 2. The van der Waals surface area contributed by atoms with E-state index in [1.807, 2.05) is 57.2 Å². The van der Waals surface area contributed by atoms with Crippen molar-refractivity contribution in [2.45, 2.75) is 20.8 Å². The molecule has 0 saturated carbocycles. The molecule has 0 aliphatic carbocycles. The third kappa shape index (κ3) is 2.53. The molecule has 0 aromatic heterocycles. The fraction of sp³-hybridized carbons (Fsp3) is 0.235. The summed E-state index contributed by atoms with van der Waals surface area (Å²) < 4.78 is 5.17. The van der Waals surface area contributed by atoms with E-state index in [-0.39, 0.29) is 5.78 Å². The molecule has 2 rings (SSSR count). The monoisotopic (exact) mass is 254 g/mol. The molecule has 0 saturated heterocycles. The number of rotatable bonds is 3. The van der Waals surface area contributed by atoms with Gasteiger partial charge in [0, 0.05) is 11.1 Å². The molecule has 0 heterocycles. The molecule has 0 radical (unpaired) electrons. The minimum atomic E-state index is 0.0794. The highest BCUT2D eigenvalue weighted by Crippen LogP contribution is 2.23. The van der Waals surface area contributed by atoms with E-state index in [2.05, 4.69) is 0 Å². The summed E-state index contributed by atoms with van der Waals surface area (Å²) in [5.41, 5.74) is 4.50. The van der Waals surface area contributed by atoms with Gasteiger partial charge in [0.2, 0.25) is 0 Å². The van der Waals surface area contributed by atoms with Gasteiger partial charge in [-0.3, -0.25) is 4.79 Å². The van der Waals surface area contributed by atoms with E-state index in [9.17, 15) is 4.79 Å². The Hall–Kier alpha value is -2.09. The zero-order chi connectivity index (χ0) is 14.0. The van der Waals surface area contributed by atoms with Crippen molar-refractivity contribution in [3.63, 3.8) is 0 Å². The van der Waals surface area contributed by atoms with E-state index in [0.29, 0.717) is 0 Å². The van der Waals surface area contributed by atoms with Crippen molar-refractivity contribution in [1.82, 2.24) is 0 Å². The Morgan fingerprint density at radius 1 is 0.947 bits per heavy atom. The first kappa shape index (κ1) is 13.3. The zero-order valence-corrected chi connectivity index (χ0v) is 11.8. The second-order valence-electron chi connectivity index (χ2n) is 4.78. The van der Waals surface area contributed by atoms with Crippen LogP contribution in [-0.4, -0.2) is 12.9 Å². The van der Waals surface area contributed by atoms with E-state index in [1.54, 1.807) is 7.11 Å². The van der Waals surface area contributed by atoms with Gasteiger partial charge >= 0.3 is 0 Å². The Morgan fingerprint density at radius 3 is 2.11 bits per heavy atom. The highest BCUT2D eigenvalue weighted by Gasteiger charge is 2.16. The van der Waals surface area contributed by atoms with E-state index >= 15 is 0 Å². The van der Waals surface area contributed by atoms with Gasteiger partial charge in [-0.25, -0.2) is 0 Å². The van der Waals surface area contributed by atoms with Crippen LogP contribution in [0.4, 0.5) is 0 Å². The third-order valence-electron chi connectivity index (χ3n) is 3.39. The first-order valence-electron chi connectivity index (χ1n) is 6.30. The molecule has 0 atom stereocenters. The maximum absolute atomic E-state index is 12.7.